The van der Waals surface area contributed by atoms with Gasteiger partial charge < -0.3 is 9.84 Å². The van der Waals surface area contributed by atoms with Crippen molar-refractivity contribution in [1.82, 2.24) is 20.4 Å². The summed E-state index contributed by atoms with van der Waals surface area (Å²) in [6, 6.07) is 20.3. The van der Waals surface area contributed by atoms with Crippen molar-refractivity contribution in [2.24, 2.45) is 0 Å². The minimum atomic E-state index is 0.00425. The molecule has 2 aromatic carbocycles. The van der Waals surface area contributed by atoms with Crippen LogP contribution in [0.15, 0.2) is 65.2 Å². The third-order valence-electron chi connectivity index (χ3n) is 5.32. The van der Waals surface area contributed by atoms with Crippen molar-refractivity contribution in [3.05, 3.63) is 72.1 Å². The molecule has 150 valence electrons. The number of carbonyl (C=O) groups excluding carboxylic acids is 1. The number of likely N-dealkylation sites (tertiary alicyclic amines) is 1. The van der Waals surface area contributed by atoms with Gasteiger partial charge in [0, 0.05) is 24.9 Å². The van der Waals surface area contributed by atoms with Crippen molar-refractivity contribution >= 4 is 5.91 Å². The Morgan fingerprint density at radius 2 is 1.72 bits per heavy atom. The van der Waals surface area contributed by atoms with Gasteiger partial charge in [0.25, 0.3) is 0 Å². The summed E-state index contributed by atoms with van der Waals surface area (Å²) in [6.45, 7) is 2.78. The molecule has 6 nitrogen and oxygen atoms in total. The lowest BCUT2D eigenvalue weighted by Gasteiger charge is -2.28. The molecule has 4 rings (SSSR count). The zero-order valence-electron chi connectivity index (χ0n) is 16.5. The number of hydrogen-bond donors (Lipinski definition) is 1. The third-order valence-corrected chi connectivity index (χ3v) is 5.32. The molecule has 2 heterocycles. The highest BCUT2D eigenvalue weighted by Crippen LogP contribution is 2.24. The van der Waals surface area contributed by atoms with E-state index < -0.39 is 0 Å². The number of carbonyl (C=O) groups is 1. The second-order valence-electron chi connectivity index (χ2n) is 7.35. The van der Waals surface area contributed by atoms with Crippen molar-refractivity contribution in [3.63, 3.8) is 0 Å². The normalized spacial score (nSPS) is 15.3. The minimum Gasteiger partial charge on any atom is -0.354 e. The van der Waals surface area contributed by atoms with E-state index in [1.165, 1.54) is 18.4 Å². The molecule has 0 bridgehead atoms. The first-order valence-corrected chi connectivity index (χ1v) is 10.2. The molecule has 1 N–H and O–H groups in total. The molecule has 1 aliphatic rings. The van der Waals surface area contributed by atoms with Gasteiger partial charge in [-0.05, 0) is 31.5 Å². The molecule has 0 spiro atoms. The van der Waals surface area contributed by atoms with Crippen LogP contribution < -0.4 is 5.32 Å². The van der Waals surface area contributed by atoms with Gasteiger partial charge >= 0.3 is 0 Å². The largest absolute Gasteiger partial charge is 0.354 e. The van der Waals surface area contributed by atoms with E-state index in [1.54, 1.807) is 0 Å². The molecule has 1 saturated heterocycles. The van der Waals surface area contributed by atoms with Gasteiger partial charge in [-0.2, -0.15) is 4.98 Å². The Bertz CT molecular complexity index is 905. The van der Waals surface area contributed by atoms with Crippen molar-refractivity contribution in [2.75, 3.05) is 19.6 Å². The highest BCUT2D eigenvalue weighted by atomic mass is 16.5. The first-order valence-electron chi connectivity index (χ1n) is 10.2. The molecule has 0 saturated carbocycles. The van der Waals surface area contributed by atoms with Crippen LogP contribution in [0, 0.1) is 0 Å². The van der Waals surface area contributed by atoms with Crippen LogP contribution in [0.25, 0.3) is 11.4 Å². The average molecular weight is 390 g/mol. The van der Waals surface area contributed by atoms with Gasteiger partial charge in [0.1, 0.15) is 0 Å². The summed E-state index contributed by atoms with van der Waals surface area (Å²) < 4.78 is 5.30. The quantitative estimate of drug-likeness (QED) is 0.636. The van der Waals surface area contributed by atoms with E-state index >= 15 is 0 Å². The molecule has 3 aromatic rings. The van der Waals surface area contributed by atoms with E-state index in [-0.39, 0.29) is 11.9 Å². The molecular formula is C23H26N4O2. The number of nitrogens with zero attached hydrogens (tertiary/aromatic N) is 3. The maximum atomic E-state index is 12.4. The van der Waals surface area contributed by atoms with E-state index in [2.05, 4.69) is 44.6 Å². The van der Waals surface area contributed by atoms with Gasteiger partial charge in [-0.25, -0.2) is 0 Å². The molecular weight excluding hydrogens is 364 g/mol. The lowest BCUT2D eigenvalue weighted by Crippen LogP contribution is -2.36. The monoisotopic (exact) mass is 390 g/mol. The van der Waals surface area contributed by atoms with E-state index in [1.807, 2.05) is 36.4 Å². The summed E-state index contributed by atoms with van der Waals surface area (Å²) in [4.78, 5) is 19.3. The number of hydrogen-bond acceptors (Lipinski definition) is 5. The summed E-state index contributed by atoms with van der Waals surface area (Å²) >= 11 is 0. The SMILES string of the molecule is O=C(CCc1nc(-c2ccccc2)no1)NCC(c1ccccc1)N1CCCC1. The second kappa shape index (κ2) is 9.47. The van der Waals surface area contributed by atoms with Gasteiger partial charge in [0.2, 0.25) is 17.6 Å². The maximum Gasteiger partial charge on any atom is 0.227 e. The summed E-state index contributed by atoms with van der Waals surface area (Å²) in [7, 11) is 0. The topological polar surface area (TPSA) is 71.3 Å². The van der Waals surface area contributed by atoms with Crippen LogP contribution in [0.2, 0.25) is 0 Å². The Hall–Kier alpha value is -2.99. The predicted octanol–water partition coefficient (Wildman–Crippen LogP) is 3.62. The van der Waals surface area contributed by atoms with E-state index in [0.717, 1.165) is 18.7 Å². The first-order chi connectivity index (χ1) is 14.3. The summed E-state index contributed by atoms with van der Waals surface area (Å²) in [5.74, 6) is 1.04. The Labute approximate surface area is 170 Å². The molecule has 1 aliphatic heterocycles. The molecule has 1 aromatic heterocycles. The van der Waals surface area contributed by atoms with Crippen molar-refractivity contribution < 1.29 is 9.32 Å². The number of amides is 1. The molecule has 0 radical (unpaired) electrons. The Morgan fingerprint density at radius 1 is 1.03 bits per heavy atom. The Morgan fingerprint density at radius 3 is 2.45 bits per heavy atom. The fourth-order valence-electron chi connectivity index (χ4n) is 3.77. The maximum absolute atomic E-state index is 12.4. The molecule has 0 aliphatic carbocycles. The zero-order valence-corrected chi connectivity index (χ0v) is 16.5. The minimum absolute atomic E-state index is 0.00425. The third kappa shape index (κ3) is 5.09. The number of nitrogens with one attached hydrogen (secondary N) is 1. The molecule has 1 atom stereocenters. The fraction of sp³-hybridized carbons (Fsp3) is 0.348. The van der Waals surface area contributed by atoms with Crippen LogP contribution in [0.5, 0.6) is 0 Å². The van der Waals surface area contributed by atoms with Gasteiger partial charge in [0.05, 0.1) is 6.04 Å². The van der Waals surface area contributed by atoms with Crippen LogP contribution in [-0.4, -0.2) is 40.6 Å². The van der Waals surface area contributed by atoms with Crippen molar-refractivity contribution in [3.8, 4) is 11.4 Å². The van der Waals surface area contributed by atoms with Gasteiger partial charge in [-0.3, -0.25) is 9.69 Å². The fourth-order valence-corrected chi connectivity index (χ4v) is 3.77. The molecule has 1 amide bonds. The lowest BCUT2D eigenvalue weighted by atomic mass is 10.1. The van der Waals surface area contributed by atoms with Crippen LogP contribution in [-0.2, 0) is 11.2 Å². The van der Waals surface area contributed by atoms with E-state index in [9.17, 15) is 4.79 Å². The number of rotatable bonds is 8. The predicted molar refractivity (Wildman–Crippen MR) is 111 cm³/mol. The highest BCUT2D eigenvalue weighted by Gasteiger charge is 2.23. The van der Waals surface area contributed by atoms with Crippen molar-refractivity contribution in [1.29, 1.82) is 0 Å². The number of aromatic nitrogens is 2. The summed E-state index contributed by atoms with van der Waals surface area (Å²) in [5, 5.41) is 7.10. The Kier molecular flexibility index (Phi) is 6.32. The van der Waals surface area contributed by atoms with Gasteiger partial charge in [-0.1, -0.05) is 65.8 Å². The first kappa shape index (κ1) is 19.3. The zero-order chi connectivity index (χ0) is 19.9. The highest BCUT2D eigenvalue weighted by molar-refractivity contribution is 5.76. The number of benzene rings is 2. The molecule has 1 unspecified atom stereocenters. The average Bonchev–Trinajstić information content (AvgIpc) is 3.46. The van der Waals surface area contributed by atoms with Crippen LogP contribution in [0.1, 0.15) is 36.8 Å². The molecule has 6 heteroatoms. The van der Waals surface area contributed by atoms with E-state index in [0.29, 0.717) is 31.1 Å². The molecule has 29 heavy (non-hydrogen) atoms. The van der Waals surface area contributed by atoms with Crippen molar-refractivity contribution in [2.45, 2.75) is 31.7 Å². The van der Waals surface area contributed by atoms with Crippen LogP contribution >= 0.6 is 0 Å². The van der Waals surface area contributed by atoms with E-state index in [4.69, 9.17) is 4.52 Å². The summed E-state index contributed by atoms with van der Waals surface area (Å²) in [5.41, 5.74) is 2.15. The molecule has 1 fully saturated rings. The van der Waals surface area contributed by atoms with Gasteiger partial charge in [-0.15, -0.1) is 0 Å². The Balaban J connectivity index is 1.30. The standard InChI is InChI=1S/C23H26N4O2/c28-21(13-14-22-25-23(26-29-22)19-11-5-2-6-12-19)24-17-20(27-15-7-8-16-27)18-9-3-1-4-10-18/h1-6,9-12,20H,7-8,13-17H2,(H,24,28). The number of aryl methyl sites for hydroxylation is 1. The van der Waals surface area contributed by atoms with Gasteiger partial charge in [0.15, 0.2) is 0 Å². The van der Waals surface area contributed by atoms with Crippen LogP contribution in [0.3, 0.4) is 0 Å². The second-order valence-corrected chi connectivity index (χ2v) is 7.35. The smallest absolute Gasteiger partial charge is 0.227 e. The lowest BCUT2D eigenvalue weighted by molar-refractivity contribution is -0.121. The van der Waals surface area contributed by atoms with Crippen LogP contribution in [0.4, 0.5) is 0 Å². The summed E-state index contributed by atoms with van der Waals surface area (Å²) in [6.07, 6.45) is 3.21.